The summed E-state index contributed by atoms with van der Waals surface area (Å²) in [6, 6.07) is 12.1. The summed E-state index contributed by atoms with van der Waals surface area (Å²) < 4.78 is 1.90. The van der Waals surface area contributed by atoms with Gasteiger partial charge in [-0.15, -0.1) is 22.0 Å². The van der Waals surface area contributed by atoms with Gasteiger partial charge in [0.25, 0.3) is 0 Å². The topological polar surface area (TPSA) is 63.9 Å². The van der Waals surface area contributed by atoms with Crippen LogP contribution in [0.5, 0.6) is 0 Å². The Labute approximate surface area is 167 Å². The molecule has 0 radical (unpaired) electrons. The fourth-order valence-corrected chi connectivity index (χ4v) is 3.78. The summed E-state index contributed by atoms with van der Waals surface area (Å²) in [5, 5.41) is 9.15. The first-order valence-corrected chi connectivity index (χ1v) is 10.6. The summed E-state index contributed by atoms with van der Waals surface area (Å²) in [4.78, 5) is 19.4. The molecular weight excluding hydrogens is 378 g/mol. The third kappa shape index (κ3) is 4.90. The number of carbonyl (C=O) groups is 1. The van der Waals surface area contributed by atoms with E-state index in [1.807, 2.05) is 30.8 Å². The molecule has 2 aromatic heterocycles. The van der Waals surface area contributed by atoms with Gasteiger partial charge in [-0.2, -0.15) is 0 Å². The highest BCUT2D eigenvalue weighted by Gasteiger charge is 2.15. The van der Waals surface area contributed by atoms with Crippen molar-refractivity contribution in [2.24, 2.45) is 7.05 Å². The van der Waals surface area contributed by atoms with E-state index in [2.05, 4.69) is 45.7 Å². The van der Waals surface area contributed by atoms with Crippen molar-refractivity contribution in [1.29, 1.82) is 0 Å². The number of hydrogen-bond donors (Lipinski definition) is 0. The smallest absolute Gasteiger partial charge is 0.233 e. The third-order valence-corrected chi connectivity index (χ3v) is 5.85. The van der Waals surface area contributed by atoms with E-state index in [1.165, 1.54) is 16.7 Å². The third-order valence-electron chi connectivity index (χ3n) is 4.10. The highest BCUT2D eigenvalue weighted by Crippen LogP contribution is 2.22. The molecule has 0 aliphatic rings. The number of benzene rings is 1. The SMILES string of the molecule is CSc1ccc(CN(C)C(=O)CSc2nnc(-c3ccncc3)n2C)cc1. The molecule has 0 fully saturated rings. The van der Waals surface area contributed by atoms with Gasteiger partial charge >= 0.3 is 0 Å². The van der Waals surface area contributed by atoms with Gasteiger partial charge < -0.3 is 9.47 Å². The van der Waals surface area contributed by atoms with Crippen LogP contribution in [0.15, 0.2) is 58.8 Å². The number of rotatable bonds is 7. The minimum atomic E-state index is 0.0578. The molecule has 6 nitrogen and oxygen atoms in total. The molecule has 27 heavy (non-hydrogen) atoms. The average molecular weight is 400 g/mol. The number of amides is 1. The molecule has 0 N–H and O–H groups in total. The highest BCUT2D eigenvalue weighted by atomic mass is 32.2. The van der Waals surface area contributed by atoms with Crippen LogP contribution in [-0.2, 0) is 18.4 Å². The second kappa shape index (κ2) is 9.05. The molecular formula is C19H21N5OS2. The van der Waals surface area contributed by atoms with Gasteiger partial charge in [0.15, 0.2) is 11.0 Å². The van der Waals surface area contributed by atoms with Gasteiger partial charge in [0.05, 0.1) is 5.75 Å². The number of aromatic nitrogens is 4. The fraction of sp³-hybridized carbons (Fsp3) is 0.263. The largest absolute Gasteiger partial charge is 0.341 e. The first kappa shape index (κ1) is 19.4. The Morgan fingerprint density at radius 3 is 2.48 bits per heavy atom. The molecule has 140 valence electrons. The van der Waals surface area contributed by atoms with Crippen molar-refractivity contribution in [2.75, 3.05) is 19.1 Å². The molecule has 3 aromatic rings. The Morgan fingerprint density at radius 1 is 1.11 bits per heavy atom. The molecule has 0 atom stereocenters. The lowest BCUT2D eigenvalue weighted by atomic mass is 10.2. The summed E-state index contributed by atoms with van der Waals surface area (Å²) in [6.07, 6.45) is 5.50. The summed E-state index contributed by atoms with van der Waals surface area (Å²) >= 11 is 3.10. The minimum Gasteiger partial charge on any atom is -0.341 e. The van der Waals surface area contributed by atoms with Crippen molar-refractivity contribution < 1.29 is 4.79 Å². The van der Waals surface area contributed by atoms with Crippen molar-refractivity contribution in [3.05, 3.63) is 54.4 Å². The van der Waals surface area contributed by atoms with E-state index in [9.17, 15) is 4.79 Å². The maximum atomic E-state index is 12.5. The lowest BCUT2D eigenvalue weighted by Crippen LogP contribution is -2.27. The average Bonchev–Trinajstić information content (AvgIpc) is 3.07. The number of hydrogen-bond acceptors (Lipinski definition) is 6. The van der Waals surface area contributed by atoms with Crippen molar-refractivity contribution in [3.8, 4) is 11.4 Å². The second-order valence-corrected chi connectivity index (χ2v) is 7.81. The zero-order valence-electron chi connectivity index (χ0n) is 15.5. The molecule has 0 saturated carbocycles. The molecule has 0 unspecified atom stereocenters. The molecule has 2 heterocycles. The predicted octanol–water partition coefficient (Wildman–Crippen LogP) is 3.35. The summed E-state index contributed by atoms with van der Waals surface area (Å²) in [5.74, 6) is 1.14. The summed E-state index contributed by atoms with van der Waals surface area (Å²) in [7, 11) is 3.73. The quantitative estimate of drug-likeness (QED) is 0.568. The standard InChI is InChI=1S/C19H21N5OS2/c1-23(12-14-4-6-16(26-3)7-5-14)17(25)13-27-19-22-21-18(24(19)2)15-8-10-20-11-9-15/h4-11H,12-13H2,1-3H3. The van der Waals surface area contributed by atoms with Crippen LogP contribution in [0.4, 0.5) is 0 Å². The van der Waals surface area contributed by atoms with Gasteiger partial charge in [0.2, 0.25) is 5.91 Å². The van der Waals surface area contributed by atoms with Crippen LogP contribution in [0, 0.1) is 0 Å². The van der Waals surface area contributed by atoms with Crippen LogP contribution < -0.4 is 0 Å². The summed E-state index contributed by atoms with van der Waals surface area (Å²) in [5.41, 5.74) is 2.07. The first-order valence-electron chi connectivity index (χ1n) is 8.38. The van der Waals surface area contributed by atoms with Crippen LogP contribution in [0.2, 0.25) is 0 Å². The van der Waals surface area contributed by atoms with Crippen molar-refractivity contribution in [1.82, 2.24) is 24.6 Å². The lowest BCUT2D eigenvalue weighted by molar-refractivity contribution is -0.127. The van der Waals surface area contributed by atoms with E-state index >= 15 is 0 Å². The Kier molecular flexibility index (Phi) is 6.52. The molecule has 0 spiro atoms. The van der Waals surface area contributed by atoms with Crippen LogP contribution in [-0.4, -0.2) is 49.6 Å². The Balaban J connectivity index is 1.58. The molecule has 1 aromatic carbocycles. The van der Waals surface area contributed by atoms with Crippen LogP contribution >= 0.6 is 23.5 Å². The maximum absolute atomic E-state index is 12.5. The van der Waals surface area contributed by atoms with Gasteiger partial charge in [-0.05, 0) is 36.1 Å². The van der Waals surface area contributed by atoms with Gasteiger partial charge in [0, 0.05) is 43.5 Å². The van der Waals surface area contributed by atoms with Gasteiger partial charge in [-0.25, -0.2) is 0 Å². The Morgan fingerprint density at radius 2 is 1.81 bits per heavy atom. The monoisotopic (exact) mass is 399 g/mol. The van der Waals surface area contributed by atoms with Gasteiger partial charge in [-0.3, -0.25) is 9.78 Å². The lowest BCUT2D eigenvalue weighted by Gasteiger charge is -2.17. The first-order chi connectivity index (χ1) is 13.1. The number of thioether (sulfide) groups is 2. The van der Waals surface area contributed by atoms with Crippen molar-refractivity contribution in [2.45, 2.75) is 16.6 Å². The molecule has 1 amide bonds. The predicted molar refractivity (Wildman–Crippen MR) is 110 cm³/mol. The number of nitrogens with zero attached hydrogens (tertiary/aromatic N) is 5. The Bertz CT molecular complexity index is 896. The highest BCUT2D eigenvalue weighted by molar-refractivity contribution is 7.99. The van der Waals surface area contributed by atoms with E-state index in [-0.39, 0.29) is 5.91 Å². The second-order valence-electron chi connectivity index (χ2n) is 5.99. The van der Waals surface area contributed by atoms with Crippen LogP contribution in [0.1, 0.15) is 5.56 Å². The van der Waals surface area contributed by atoms with E-state index in [0.29, 0.717) is 17.5 Å². The maximum Gasteiger partial charge on any atom is 0.233 e. The fourth-order valence-electron chi connectivity index (χ4n) is 2.52. The molecule has 0 bridgehead atoms. The normalized spacial score (nSPS) is 10.8. The van der Waals surface area contributed by atoms with E-state index in [1.54, 1.807) is 29.1 Å². The van der Waals surface area contributed by atoms with Gasteiger partial charge in [-0.1, -0.05) is 23.9 Å². The van der Waals surface area contributed by atoms with E-state index in [0.717, 1.165) is 17.0 Å². The Hall–Kier alpha value is -2.32. The molecule has 0 aliphatic carbocycles. The van der Waals surface area contributed by atoms with Crippen molar-refractivity contribution >= 4 is 29.4 Å². The number of carbonyl (C=O) groups excluding carboxylic acids is 1. The summed E-state index contributed by atoms with van der Waals surface area (Å²) in [6.45, 7) is 0.592. The van der Waals surface area contributed by atoms with Gasteiger partial charge in [0.1, 0.15) is 0 Å². The van der Waals surface area contributed by atoms with Crippen LogP contribution in [0.3, 0.4) is 0 Å². The molecule has 0 saturated heterocycles. The zero-order chi connectivity index (χ0) is 19.2. The minimum absolute atomic E-state index is 0.0578. The van der Waals surface area contributed by atoms with Crippen LogP contribution in [0.25, 0.3) is 11.4 Å². The molecule has 8 heteroatoms. The van der Waals surface area contributed by atoms with E-state index < -0.39 is 0 Å². The van der Waals surface area contributed by atoms with E-state index in [4.69, 9.17) is 0 Å². The molecule has 0 aliphatic heterocycles. The number of pyridine rings is 1. The zero-order valence-corrected chi connectivity index (χ0v) is 17.1. The van der Waals surface area contributed by atoms with Crippen molar-refractivity contribution in [3.63, 3.8) is 0 Å². The molecule has 3 rings (SSSR count).